The van der Waals surface area contributed by atoms with Gasteiger partial charge in [-0.05, 0) is 17.7 Å². The molecule has 0 saturated heterocycles. The van der Waals surface area contributed by atoms with Crippen LogP contribution in [0.25, 0.3) is 0 Å². The van der Waals surface area contributed by atoms with Crippen molar-refractivity contribution in [2.75, 3.05) is 46.5 Å². The van der Waals surface area contributed by atoms with Crippen molar-refractivity contribution in [2.24, 2.45) is 0 Å². The number of hydrogen-bond acceptors (Lipinski definition) is 8. The van der Waals surface area contributed by atoms with Crippen molar-refractivity contribution in [2.45, 2.75) is 25.2 Å². The Balaban J connectivity index is 2.23. The van der Waals surface area contributed by atoms with Crippen LogP contribution < -0.4 is 15.6 Å². The zero-order chi connectivity index (χ0) is 24.4. The van der Waals surface area contributed by atoms with Gasteiger partial charge in [0.2, 0.25) is 0 Å². The number of alkyl halides is 3. The number of methoxy groups -OCH3 is 3. The summed E-state index contributed by atoms with van der Waals surface area (Å²) in [6.07, 6.45) is -3.98. The summed E-state index contributed by atoms with van der Waals surface area (Å²) in [7, 11) is 4.10. The Morgan fingerprint density at radius 1 is 1.15 bits per heavy atom. The minimum Gasteiger partial charge on any atom is -0.497 e. The van der Waals surface area contributed by atoms with Gasteiger partial charge >= 0.3 is 12.1 Å². The Kier molecular flexibility index (Phi) is 9.67. The molecule has 33 heavy (non-hydrogen) atoms. The third-order valence-electron chi connectivity index (χ3n) is 4.54. The number of rotatable bonds is 12. The number of aromatic nitrogens is 2. The van der Waals surface area contributed by atoms with Gasteiger partial charge in [-0.3, -0.25) is 9.59 Å². The van der Waals surface area contributed by atoms with Gasteiger partial charge in [0.25, 0.3) is 5.56 Å². The average Bonchev–Trinajstić information content (AvgIpc) is 2.78. The minimum atomic E-state index is -4.92. The molecule has 0 spiro atoms. The molecular weight excluding hydrogens is 447 g/mol. The molecule has 0 aliphatic carbocycles. The molecule has 0 aliphatic heterocycles. The van der Waals surface area contributed by atoms with Crippen LogP contribution >= 0.6 is 0 Å². The van der Waals surface area contributed by atoms with Crippen molar-refractivity contribution < 1.29 is 36.9 Å². The van der Waals surface area contributed by atoms with Crippen LogP contribution in [0.4, 0.5) is 18.9 Å². The second-order valence-corrected chi connectivity index (χ2v) is 6.94. The van der Waals surface area contributed by atoms with E-state index in [4.69, 9.17) is 14.2 Å². The smallest absolute Gasteiger partial charge is 0.423 e. The fourth-order valence-corrected chi connectivity index (χ4v) is 2.92. The maximum absolute atomic E-state index is 13.8. The van der Waals surface area contributed by atoms with Gasteiger partial charge in [0.1, 0.15) is 11.3 Å². The predicted molar refractivity (Wildman–Crippen MR) is 112 cm³/mol. The number of nitrogens with zero attached hydrogens (tertiary/aromatic N) is 2. The number of benzene rings is 1. The minimum absolute atomic E-state index is 0.00698. The number of carbonyl (C=O) groups excluding carboxylic acids is 1. The summed E-state index contributed by atoms with van der Waals surface area (Å²) in [6, 6.07) is 5.80. The molecule has 9 nitrogen and oxygen atoms in total. The Labute approximate surface area is 188 Å². The molecule has 1 N–H and O–H groups in total. The molecule has 182 valence electrons. The normalized spacial score (nSPS) is 12.3. The molecule has 1 aromatic heterocycles. The van der Waals surface area contributed by atoms with E-state index in [-0.39, 0.29) is 32.8 Å². The number of esters is 1. The Morgan fingerprint density at radius 3 is 2.42 bits per heavy atom. The summed E-state index contributed by atoms with van der Waals surface area (Å²) < 4.78 is 62.0. The molecule has 0 fully saturated rings. The first-order valence-electron chi connectivity index (χ1n) is 9.89. The molecule has 1 aromatic carbocycles. The highest BCUT2D eigenvalue weighted by Gasteiger charge is 2.38. The van der Waals surface area contributed by atoms with Crippen LogP contribution in [0.2, 0.25) is 0 Å². The lowest BCUT2D eigenvalue weighted by molar-refractivity contribution is -0.142. The first kappa shape index (κ1) is 26.1. The summed E-state index contributed by atoms with van der Waals surface area (Å²) in [5.74, 6) is 0.0999. The van der Waals surface area contributed by atoms with Crippen molar-refractivity contribution in [3.63, 3.8) is 0 Å². The van der Waals surface area contributed by atoms with Gasteiger partial charge in [0.15, 0.2) is 0 Å². The van der Waals surface area contributed by atoms with Crippen LogP contribution in [-0.4, -0.2) is 62.9 Å². The third-order valence-corrected chi connectivity index (χ3v) is 4.54. The largest absolute Gasteiger partial charge is 0.497 e. The van der Waals surface area contributed by atoms with Gasteiger partial charge in [-0.25, -0.2) is 4.68 Å². The third kappa shape index (κ3) is 7.75. The van der Waals surface area contributed by atoms with Crippen LogP contribution in [0.3, 0.4) is 0 Å². The van der Waals surface area contributed by atoms with Gasteiger partial charge in [-0.1, -0.05) is 12.1 Å². The monoisotopic (exact) mass is 473 g/mol. The number of halogens is 3. The summed E-state index contributed by atoms with van der Waals surface area (Å²) >= 11 is 0. The highest BCUT2D eigenvalue weighted by Crippen LogP contribution is 2.32. The molecule has 1 atom stereocenters. The quantitative estimate of drug-likeness (QED) is 0.370. The number of nitrogens with one attached hydrogen (secondary N) is 1. The lowest BCUT2D eigenvalue weighted by Crippen LogP contribution is -2.36. The molecule has 0 radical (unpaired) electrons. The number of hydrogen-bond donors (Lipinski definition) is 1. The van der Waals surface area contributed by atoms with E-state index in [1.807, 2.05) is 0 Å². The molecule has 0 aliphatic rings. The van der Waals surface area contributed by atoms with Crippen LogP contribution in [0.1, 0.15) is 17.5 Å². The summed E-state index contributed by atoms with van der Waals surface area (Å²) in [6.45, 7) is -0.214. The van der Waals surface area contributed by atoms with Gasteiger partial charge in [-0.15, -0.1) is 0 Å². The molecule has 0 amide bonds. The number of carbonyl (C=O) groups is 1. The standard InChI is InChI=1S/C21H26F3N3O6/c1-30-12-15(13-33-9-8-18(28)32-3)26-17-10-25-27(20(29)19(17)21(22,23)24)11-14-4-6-16(31-2)7-5-14/h4-7,10,15,26H,8-9,11-13H2,1-3H3/t15-/m0/s1. The van der Waals surface area contributed by atoms with Crippen molar-refractivity contribution in [1.29, 1.82) is 0 Å². The number of anilines is 1. The molecule has 12 heteroatoms. The second kappa shape index (κ2) is 12.2. The van der Waals surface area contributed by atoms with E-state index in [1.165, 1.54) is 21.3 Å². The van der Waals surface area contributed by atoms with Crippen LogP contribution in [-0.2, 0) is 31.7 Å². The van der Waals surface area contributed by atoms with Gasteiger partial charge in [-0.2, -0.15) is 18.3 Å². The topological polar surface area (TPSA) is 101 Å². The van der Waals surface area contributed by atoms with E-state index < -0.39 is 35.0 Å². The molecule has 0 unspecified atom stereocenters. The van der Waals surface area contributed by atoms with Crippen LogP contribution in [0.15, 0.2) is 35.3 Å². The number of ether oxygens (including phenoxy) is 4. The maximum Gasteiger partial charge on any atom is 0.423 e. The molecular formula is C21H26F3N3O6. The van der Waals surface area contributed by atoms with Crippen molar-refractivity contribution in [3.05, 3.63) is 51.9 Å². The van der Waals surface area contributed by atoms with Crippen molar-refractivity contribution in [1.82, 2.24) is 9.78 Å². The zero-order valence-electron chi connectivity index (χ0n) is 18.5. The molecule has 2 aromatic rings. The van der Waals surface area contributed by atoms with Crippen molar-refractivity contribution in [3.8, 4) is 5.75 Å². The van der Waals surface area contributed by atoms with E-state index in [0.717, 1.165) is 10.9 Å². The van der Waals surface area contributed by atoms with E-state index in [9.17, 15) is 22.8 Å². The van der Waals surface area contributed by atoms with Gasteiger partial charge in [0.05, 0.1) is 64.9 Å². The Bertz CT molecular complexity index is 963. The highest BCUT2D eigenvalue weighted by atomic mass is 19.4. The summed E-state index contributed by atoms with van der Waals surface area (Å²) in [4.78, 5) is 23.8. The van der Waals surface area contributed by atoms with E-state index in [1.54, 1.807) is 24.3 Å². The second-order valence-electron chi connectivity index (χ2n) is 6.94. The molecule has 2 rings (SSSR count). The van der Waals surface area contributed by atoms with Crippen molar-refractivity contribution >= 4 is 11.7 Å². The summed E-state index contributed by atoms with van der Waals surface area (Å²) in [5, 5.41) is 6.53. The Hall–Kier alpha value is -3.12. The lowest BCUT2D eigenvalue weighted by Gasteiger charge is -2.22. The van der Waals surface area contributed by atoms with Crippen LogP contribution in [0.5, 0.6) is 5.75 Å². The molecule has 1 heterocycles. The fraction of sp³-hybridized carbons (Fsp3) is 0.476. The first-order valence-corrected chi connectivity index (χ1v) is 9.89. The molecule has 0 bridgehead atoms. The van der Waals surface area contributed by atoms with E-state index in [2.05, 4.69) is 15.2 Å². The average molecular weight is 473 g/mol. The SMILES string of the molecule is COC[C@@H](COCCC(=O)OC)Nc1cnn(Cc2ccc(OC)cc2)c(=O)c1C(F)(F)F. The maximum atomic E-state index is 13.8. The van der Waals surface area contributed by atoms with E-state index >= 15 is 0 Å². The van der Waals surface area contributed by atoms with Gasteiger partial charge < -0.3 is 24.3 Å². The van der Waals surface area contributed by atoms with E-state index in [0.29, 0.717) is 11.3 Å². The Morgan fingerprint density at radius 2 is 1.85 bits per heavy atom. The predicted octanol–water partition coefficient (Wildman–Crippen LogP) is 2.33. The lowest BCUT2D eigenvalue weighted by atomic mass is 10.2. The zero-order valence-corrected chi connectivity index (χ0v) is 18.5. The highest BCUT2D eigenvalue weighted by molar-refractivity contribution is 5.69. The van der Waals surface area contributed by atoms with Gasteiger partial charge in [0, 0.05) is 7.11 Å². The molecule has 0 saturated carbocycles. The first-order chi connectivity index (χ1) is 15.7. The fourth-order valence-electron chi connectivity index (χ4n) is 2.92. The van der Waals surface area contributed by atoms with Crippen LogP contribution in [0, 0.1) is 0 Å². The summed E-state index contributed by atoms with van der Waals surface area (Å²) in [5.41, 5.74) is -2.57.